The Morgan fingerprint density at radius 2 is 1.85 bits per heavy atom. The van der Waals surface area contributed by atoms with Crippen LogP contribution in [0, 0.1) is 13.8 Å². The van der Waals surface area contributed by atoms with Crippen molar-refractivity contribution in [2.75, 3.05) is 19.9 Å². The SMILES string of the molecule is CCOC(=O)c1c(C)[nH]c(C(=O)C(C)N(C)Cc2ccc(SC)cc2)c1C. The third-order valence-electron chi connectivity index (χ3n) is 4.80. The molecule has 0 bridgehead atoms. The number of aromatic nitrogens is 1. The third-order valence-corrected chi connectivity index (χ3v) is 5.54. The van der Waals surface area contributed by atoms with Gasteiger partial charge in [-0.25, -0.2) is 4.79 Å². The first-order valence-electron chi connectivity index (χ1n) is 9.03. The van der Waals surface area contributed by atoms with Gasteiger partial charge >= 0.3 is 5.97 Å². The number of hydrogen-bond acceptors (Lipinski definition) is 5. The summed E-state index contributed by atoms with van der Waals surface area (Å²) in [5.41, 5.74) is 3.41. The highest BCUT2D eigenvalue weighted by Crippen LogP contribution is 2.22. The summed E-state index contributed by atoms with van der Waals surface area (Å²) in [6, 6.07) is 8.02. The Morgan fingerprint density at radius 3 is 2.41 bits per heavy atom. The number of nitrogens with zero attached hydrogens (tertiary/aromatic N) is 1. The second kappa shape index (κ2) is 9.24. The van der Waals surface area contributed by atoms with Crippen LogP contribution in [0.3, 0.4) is 0 Å². The Balaban J connectivity index is 2.16. The van der Waals surface area contributed by atoms with Crippen LogP contribution < -0.4 is 0 Å². The summed E-state index contributed by atoms with van der Waals surface area (Å²) < 4.78 is 5.11. The standard InChI is InChI=1S/C21H28N2O3S/c1-7-26-21(25)18-13(2)19(22-14(18)3)20(24)15(4)23(5)12-16-8-10-17(27-6)11-9-16/h8-11,15,22H,7,12H2,1-6H3. The molecule has 0 spiro atoms. The molecule has 5 nitrogen and oxygen atoms in total. The van der Waals surface area contributed by atoms with Crippen molar-refractivity contribution in [2.45, 2.75) is 45.2 Å². The van der Waals surface area contributed by atoms with Crippen molar-refractivity contribution in [3.05, 3.63) is 52.3 Å². The molecule has 0 aliphatic heterocycles. The third kappa shape index (κ3) is 4.82. The van der Waals surface area contributed by atoms with Crippen molar-refractivity contribution in [3.8, 4) is 0 Å². The number of ether oxygens (including phenoxy) is 1. The summed E-state index contributed by atoms with van der Waals surface area (Å²) in [6.45, 7) is 8.21. The lowest BCUT2D eigenvalue weighted by Gasteiger charge is -2.23. The molecule has 27 heavy (non-hydrogen) atoms. The molecule has 0 radical (unpaired) electrons. The van der Waals surface area contributed by atoms with Gasteiger partial charge in [-0.05, 0) is 64.3 Å². The molecular weight excluding hydrogens is 360 g/mol. The number of esters is 1. The number of likely N-dealkylation sites (N-methyl/N-ethyl adjacent to an activating group) is 1. The van der Waals surface area contributed by atoms with Crippen molar-refractivity contribution in [2.24, 2.45) is 0 Å². The van der Waals surface area contributed by atoms with Gasteiger partial charge in [0.2, 0.25) is 0 Å². The number of nitrogens with one attached hydrogen (secondary N) is 1. The largest absolute Gasteiger partial charge is 0.462 e. The lowest BCUT2D eigenvalue weighted by Crippen LogP contribution is -2.36. The van der Waals surface area contributed by atoms with Crippen LogP contribution in [0.1, 0.15) is 51.5 Å². The zero-order valence-electron chi connectivity index (χ0n) is 16.9. The highest BCUT2D eigenvalue weighted by atomic mass is 32.2. The quantitative estimate of drug-likeness (QED) is 0.416. The number of carbonyl (C=O) groups excluding carboxylic acids is 2. The molecule has 6 heteroatoms. The molecule has 1 N–H and O–H groups in total. The van der Waals surface area contributed by atoms with Gasteiger partial charge in [-0.15, -0.1) is 11.8 Å². The molecule has 0 saturated heterocycles. The van der Waals surface area contributed by atoms with Crippen LogP contribution in [0.4, 0.5) is 0 Å². The van der Waals surface area contributed by atoms with Gasteiger partial charge in [0.15, 0.2) is 5.78 Å². The van der Waals surface area contributed by atoms with E-state index in [4.69, 9.17) is 4.74 Å². The minimum absolute atomic E-state index is 0.0330. The average molecular weight is 389 g/mol. The summed E-state index contributed by atoms with van der Waals surface area (Å²) in [6.07, 6.45) is 2.05. The van der Waals surface area contributed by atoms with Crippen molar-refractivity contribution in [3.63, 3.8) is 0 Å². The Morgan fingerprint density at radius 1 is 1.22 bits per heavy atom. The van der Waals surface area contributed by atoms with E-state index in [0.29, 0.717) is 35.7 Å². The summed E-state index contributed by atoms with van der Waals surface area (Å²) >= 11 is 1.71. The van der Waals surface area contributed by atoms with E-state index in [1.54, 1.807) is 32.5 Å². The van der Waals surface area contributed by atoms with Crippen LogP contribution in [0.2, 0.25) is 0 Å². The van der Waals surface area contributed by atoms with Gasteiger partial charge in [-0.1, -0.05) is 12.1 Å². The lowest BCUT2D eigenvalue weighted by molar-refractivity contribution is 0.0525. The highest BCUT2D eigenvalue weighted by molar-refractivity contribution is 7.98. The van der Waals surface area contributed by atoms with Crippen molar-refractivity contribution >= 4 is 23.5 Å². The van der Waals surface area contributed by atoms with Gasteiger partial charge < -0.3 is 9.72 Å². The minimum Gasteiger partial charge on any atom is -0.462 e. The van der Waals surface area contributed by atoms with Crippen LogP contribution in [0.15, 0.2) is 29.2 Å². The molecule has 146 valence electrons. The smallest absolute Gasteiger partial charge is 0.340 e. The maximum absolute atomic E-state index is 13.0. The van der Waals surface area contributed by atoms with E-state index in [1.807, 2.05) is 25.1 Å². The fourth-order valence-electron chi connectivity index (χ4n) is 3.07. The molecular formula is C21H28N2O3S. The van der Waals surface area contributed by atoms with Crippen LogP contribution in [-0.2, 0) is 11.3 Å². The number of rotatable bonds is 8. The number of H-pyrrole nitrogens is 1. The second-order valence-corrected chi connectivity index (χ2v) is 7.53. The summed E-state index contributed by atoms with van der Waals surface area (Å²) in [5, 5.41) is 0. The zero-order chi connectivity index (χ0) is 20.1. The monoisotopic (exact) mass is 388 g/mol. The summed E-state index contributed by atoms with van der Waals surface area (Å²) in [7, 11) is 1.93. The van der Waals surface area contributed by atoms with Crippen molar-refractivity contribution in [1.82, 2.24) is 9.88 Å². The van der Waals surface area contributed by atoms with E-state index in [0.717, 1.165) is 5.56 Å². The molecule has 0 amide bonds. The van der Waals surface area contributed by atoms with Crippen LogP contribution >= 0.6 is 11.8 Å². The fraction of sp³-hybridized carbons (Fsp3) is 0.429. The number of ketones is 1. The van der Waals surface area contributed by atoms with E-state index in [-0.39, 0.29) is 11.8 Å². The maximum atomic E-state index is 13.0. The minimum atomic E-state index is -0.391. The molecule has 1 aromatic heterocycles. The second-order valence-electron chi connectivity index (χ2n) is 6.65. The average Bonchev–Trinajstić information content (AvgIpc) is 2.95. The number of thioether (sulfide) groups is 1. The first kappa shape index (κ1) is 21.3. The van der Waals surface area contributed by atoms with E-state index >= 15 is 0 Å². The Kier molecular flexibility index (Phi) is 7.27. The molecule has 1 heterocycles. The van der Waals surface area contributed by atoms with Gasteiger partial charge in [0.25, 0.3) is 0 Å². The maximum Gasteiger partial charge on any atom is 0.340 e. The topological polar surface area (TPSA) is 62.4 Å². The fourth-order valence-corrected chi connectivity index (χ4v) is 3.48. The Hall–Kier alpha value is -2.05. The van der Waals surface area contributed by atoms with E-state index in [2.05, 4.69) is 29.2 Å². The van der Waals surface area contributed by atoms with Crippen molar-refractivity contribution < 1.29 is 14.3 Å². The molecule has 0 fully saturated rings. The van der Waals surface area contributed by atoms with Crippen LogP contribution in [0.25, 0.3) is 0 Å². The van der Waals surface area contributed by atoms with Crippen LogP contribution in [-0.4, -0.2) is 47.6 Å². The van der Waals surface area contributed by atoms with E-state index in [1.165, 1.54) is 4.90 Å². The molecule has 1 atom stereocenters. The van der Waals surface area contributed by atoms with Crippen LogP contribution in [0.5, 0.6) is 0 Å². The number of aromatic amines is 1. The number of Topliss-reactive ketones (excluding diaryl/α,β-unsaturated/α-hetero) is 1. The van der Waals surface area contributed by atoms with Gasteiger partial charge in [0.1, 0.15) is 0 Å². The van der Waals surface area contributed by atoms with Gasteiger partial charge in [-0.3, -0.25) is 9.69 Å². The van der Waals surface area contributed by atoms with E-state index < -0.39 is 5.97 Å². The summed E-state index contributed by atoms with van der Waals surface area (Å²) in [4.78, 5) is 31.5. The predicted molar refractivity (Wildman–Crippen MR) is 110 cm³/mol. The Labute approximate surface area is 165 Å². The predicted octanol–water partition coefficient (Wildman–Crippen LogP) is 4.23. The van der Waals surface area contributed by atoms with Crippen molar-refractivity contribution in [1.29, 1.82) is 0 Å². The number of hydrogen-bond donors (Lipinski definition) is 1. The molecule has 2 aromatic rings. The molecule has 0 aliphatic rings. The lowest BCUT2D eigenvalue weighted by atomic mass is 10.0. The highest BCUT2D eigenvalue weighted by Gasteiger charge is 2.27. The molecule has 2 rings (SSSR count). The number of carbonyl (C=O) groups is 2. The molecule has 1 unspecified atom stereocenters. The van der Waals surface area contributed by atoms with E-state index in [9.17, 15) is 9.59 Å². The molecule has 0 saturated carbocycles. The van der Waals surface area contributed by atoms with Gasteiger partial charge in [0.05, 0.1) is 23.9 Å². The summed E-state index contributed by atoms with van der Waals surface area (Å²) in [5.74, 6) is -0.424. The first-order valence-corrected chi connectivity index (χ1v) is 10.3. The normalized spacial score (nSPS) is 12.3. The zero-order valence-corrected chi connectivity index (χ0v) is 17.7. The van der Waals surface area contributed by atoms with Gasteiger partial charge in [0, 0.05) is 17.1 Å². The molecule has 1 aromatic carbocycles. The Bertz CT molecular complexity index is 812. The first-order chi connectivity index (χ1) is 12.8. The van der Waals surface area contributed by atoms with Gasteiger partial charge in [-0.2, -0.15) is 0 Å². The number of benzene rings is 1. The molecule has 0 aliphatic carbocycles. The number of aryl methyl sites for hydroxylation is 1.